The molecule has 1 aromatic heterocycles. The summed E-state index contributed by atoms with van der Waals surface area (Å²) in [7, 11) is 1.79. The van der Waals surface area contributed by atoms with Gasteiger partial charge in [-0.25, -0.2) is 9.07 Å². The highest BCUT2D eigenvalue weighted by Crippen LogP contribution is 2.23. The van der Waals surface area contributed by atoms with E-state index in [2.05, 4.69) is 20.7 Å². The van der Waals surface area contributed by atoms with Crippen molar-refractivity contribution in [1.82, 2.24) is 20.1 Å². The Labute approximate surface area is 165 Å². The van der Waals surface area contributed by atoms with E-state index in [-0.39, 0.29) is 30.0 Å². The maximum absolute atomic E-state index is 13.7. The lowest BCUT2D eigenvalue weighted by atomic mass is 9.98. The molecule has 2 N–H and O–H groups in total. The third kappa shape index (κ3) is 5.49. The number of carbonyl (C=O) groups is 1. The number of benzene rings is 1. The van der Waals surface area contributed by atoms with Gasteiger partial charge in [-0.15, -0.1) is 12.4 Å². The number of aryl methyl sites for hydroxylation is 2. The minimum atomic E-state index is -0.242. The average molecular weight is 396 g/mol. The first kappa shape index (κ1) is 21.3. The summed E-state index contributed by atoms with van der Waals surface area (Å²) in [6, 6.07) is 6.68. The zero-order chi connectivity index (χ0) is 18.5. The van der Waals surface area contributed by atoms with E-state index >= 15 is 0 Å². The fourth-order valence-electron chi connectivity index (χ4n) is 3.20. The summed E-state index contributed by atoms with van der Waals surface area (Å²) >= 11 is 0. The van der Waals surface area contributed by atoms with Crippen LogP contribution in [0.1, 0.15) is 43.5 Å². The molecule has 1 unspecified atom stereocenters. The van der Waals surface area contributed by atoms with Crippen molar-refractivity contribution in [3.05, 3.63) is 41.5 Å². The number of piperidine rings is 1. The number of hydrogen-bond acceptors (Lipinski definition) is 4. The van der Waals surface area contributed by atoms with Crippen LogP contribution < -0.4 is 10.6 Å². The highest BCUT2D eigenvalue weighted by Gasteiger charge is 2.22. The van der Waals surface area contributed by atoms with Crippen LogP contribution in [0.2, 0.25) is 0 Å². The molecule has 6 nitrogen and oxygen atoms in total. The van der Waals surface area contributed by atoms with E-state index in [9.17, 15) is 9.18 Å². The second-order valence-electron chi connectivity index (χ2n) is 6.96. The molecule has 27 heavy (non-hydrogen) atoms. The van der Waals surface area contributed by atoms with Gasteiger partial charge in [-0.05, 0) is 50.4 Å². The van der Waals surface area contributed by atoms with Crippen LogP contribution in [0.4, 0.5) is 10.3 Å². The number of carbonyl (C=O) groups excluding carboxylic acids is 1. The summed E-state index contributed by atoms with van der Waals surface area (Å²) in [5.74, 6) is 1.03. The van der Waals surface area contributed by atoms with Crippen molar-refractivity contribution in [3.63, 3.8) is 0 Å². The van der Waals surface area contributed by atoms with Crippen LogP contribution in [-0.4, -0.2) is 33.8 Å². The Kier molecular flexibility index (Phi) is 7.74. The molecule has 1 aliphatic heterocycles. The van der Waals surface area contributed by atoms with Gasteiger partial charge in [0.15, 0.2) is 5.82 Å². The van der Waals surface area contributed by atoms with Crippen molar-refractivity contribution in [2.75, 3.05) is 18.4 Å². The van der Waals surface area contributed by atoms with Gasteiger partial charge < -0.3 is 5.32 Å². The number of nitrogens with one attached hydrogen (secondary N) is 2. The molecule has 0 saturated carbocycles. The lowest BCUT2D eigenvalue weighted by Crippen LogP contribution is -2.27. The Morgan fingerprint density at radius 2 is 2.07 bits per heavy atom. The van der Waals surface area contributed by atoms with Crippen LogP contribution in [0.5, 0.6) is 0 Å². The van der Waals surface area contributed by atoms with Crippen molar-refractivity contribution in [2.24, 2.45) is 13.0 Å². The molecular formula is C19H27ClFN5O. The molecule has 148 valence electrons. The van der Waals surface area contributed by atoms with Crippen LogP contribution in [0.3, 0.4) is 0 Å². The molecule has 0 spiro atoms. The molecule has 1 aromatic carbocycles. The molecule has 1 fully saturated rings. The van der Waals surface area contributed by atoms with Crippen LogP contribution in [-0.2, 0) is 18.3 Å². The molecule has 2 aromatic rings. The van der Waals surface area contributed by atoms with Crippen molar-refractivity contribution < 1.29 is 9.18 Å². The van der Waals surface area contributed by atoms with Crippen LogP contribution in [0.25, 0.3) is 0 Å². The molecule has 2 heterocycles. The summed E-state index contributed by atoms with van der Waals surface area (Å²) in [4.78, 5) is 17.0. The van der Waals surface area contributed by atoms with Gasteiger partial charge >= 0.3 is 0 Å². The van der Waals surface area contributed by atoms with E-state index in [0.29, 0.717) is 30.3 Å². The SMILES string of the molecule is CC(CCc1ccccc1F)C(=O)Nc1nc(C2CCNCC2)nn1C.Cl. The Hall–Kier alpha value is -1.99. The van der Waals surface area contributed by atoms with Crippen molar-refractivity contribution in [3.8, 4) is 0 Å². The third-order valence-corrected chi connectivity index (χ3v) is 4.97. The molecule has 1 aliphatic rings. The van der Waals surface area contributed by atoms with E-state index in [1.54, 1.807) is 23.9 Å². The average Bonchev–Trinajstić information content (AvgIpc) is 3.02. The summed E-state index contributed by atoms with van der Waals surface area (Å²) in [5, 5.41) is 10.7. The zero-order valence-electron chi connectivity index (χ0n) is 15.7. The summed E-state index contributed by atoms with van der Waals surface area (Å²) in [5.41, 5.74) is 0.638. The van der Waals surface area contributed by atoms with Gasteiger partial charge in [0.2, 0.25) is 11.9 Å². The lowest BCUT2D eigenvalue weighted by Gasteiger charge is -2.19. The Balaban J connectivity index is 0.00000261. The molecule has 1 amide bonds. The van der Waals surface area contributed by atoms with E-state index in [0.717, 1.165) is 31.8 Å². The normalized spacial score (nSPS) is 15.8. The number of aromatic nitrogens is 3. The standard InChI is InChI=1S/C19H26FN5O.ClH/c1-13(7-8-14-5-3-4-6-16(14)20)18(26)23-19-22-17(24-25(19)2)15-9-11-21-12-10-15;/h3-6,13,15,21H,7-12H2,1-2H3,(H,22,23,24,26);1H. The van der Waals surface area contributed by atoms with E-state index in [1.165, 1.54) is 6.07 Å². The minimum absolute atomic E-state index is 0. The number of rotatable bonds is 6. The number of nitrogens with zero attached hydrogens (tertiary/aromatic N) is 3. The number of hydrogen-bond donors (Lipinski definition) is 2. The highest BCUT2D eigenvalue weighted by atomic mass is 35.5. The van der Waals surface area contributed by atoms with E-state index in [1.807, 2.05) is 13.0 Å². The van der Waals surface area contributed by atoms with Crippen molar-refractivity contribution >= 4 is 24.3 Å². The molecule has 0 radical (unpaired) electrons. The Morgan fingerprint density at radius 3 is 2.78 bits per heavy atom. The molecule has 1 saturated heterocycles. The van der Waals surface area contributed by atoms with Gasteiger partial charge in [0.1, 0.15) is 5.82 Å². The topological polar surface area (TPSA) is 71.8 Å². The number of amides is 1. The highest BCUT2D eigenvalue weighted by molar-refractivity contribution is 5.90. The van der Waals surface area contributed by atoms with E-state index < -0.39 is 0 Å². The van der Waals surface area contributed by atoms with E-state index in [4.69, 9.17) is 0 Å². The van der Waals surface area contributed by atoms with Crippen LogP contribution in [0.15, 0.2) is 24.3 Å². The van der Waals surface area contributed by atoms with Gasteiger partial charge in [0.05, 0.1) is 0 Å². The second-order valence-corrected chi connectivity index (χ2v) is 6.96. The Morgan fingerprint density at radius 1 is 1.37 bits per heavy atom. The summed E-state index contributed by atoms with van der Waals surface area (Å²) in [6.07, 6.45) is 3.12. The monoisotopic (exact) mass is 395 g/mol. The smallest absolute Gasteiger partial charge is 0.229 e. The first-order valence-corrected chi connectivity index (χ1v) is 9.20. The van der Waals surface area contributed by atoms with Gasteiger partial charge in [0, 0.05) is 18.9 Å². The van der Waals surface area contributed by atoms with Crippen LogP contribution in [0, 0.1) is 11.7 Å². The predicted octanol–water partition coefficient (Wildman–Crippen LogP) is 3.05. The fraction of sp³-hybridized carbons (Fsp3) is 0.526. The minimum Gasteiger partial charge on any atom is -0.317 e. The van der Waals surface area contributed by atoms with Gasteiger partial charge in [0.25, 0.3) is 0 Å². The molecular weight excluding hydrogens is 369 g/mol. The second kappa shape index (κ2) is 9.80. The quantitative estimate of drug-likeness (QED) is 0.788. The van der Waals surface area contributed by atoms with Gasteiger partial charge in [-0.3, -0.25) is 10.1 Å². The number of halogens is 2. The number of anilines is 1. The van der Waals surface area contributed by atoms with Crippen molar-refractivity contribution in [1.29, 1.82) is 0 Å². The molecule has 1 atom stereocenters. The van der Waals surface area contributed by atoms with Gasteiger partial charge in [-0.2, -0.15) is 10.1 Å². The fourth-order valence-corrected chi connectivity index (χ4v) is 3.20. The summed E-state index contributed by atoms with van der Waals surface area (Å²) < 4.78 is 15.3. The van der Waals surface area contributed by atoms with Gasteiger partial charge in [-0.1, -0.05) is 25.1 Å². The summed E-state index contributed by atoms with van der Waals surface area (Å²) in [6.45, 7) is 3.79. The predicted molar refractivity (Wildman–Crippen MR) is 106 cm³/mol. The third-order valence-electron chi connectivity index (χ3n) is 4.97. The van der Waals surface area contributed by atoms with Crippen LogP contribution >= 0.6 is 12.4 Å². The largest absolute Gasteiger partial charge is 0.317 e. The maximum atomic E-state index is 13.7. The van der Waals surface area contributed by atoms with Crippen molar-refractivity contribution in [2.45, 2.75) is 38.5 Å². The maximum Gasteiger partial charge on any atom is 0.229 e. The molecule has 8 heteroatoms. The molecule has 3 rings (SSSR count). The lowest BCUT2D eigenvalue weighted by molar-refractivity contribution is -0.119. The Bertz CT molecular complexity index is 760. The zero-order valence-corrected chi connectivity index (χ0v) is 16.6. The first-order valence-electron chi connectivity index (χ1n) is 9.20. The first-order chi connectivity index (χ1) is 12.5. The molecule has 0 bridgehead atoms. The molecule has 0 aliphatic carbocycles.